The van der Waals surface area contributed by atoms with Crippen molar-refractivity contribution in [3.63, 3.8) is 0 Å². The quantitative estimate of drug-likeness (QED) is 0.814. The van der Waals surface area contributed by atoms with E-state index in [4.69, 9.17) is 0 Å². The molecule has 1 aromatic carbocycles. The molecule has 0 spiro atoms. The number of rotatable bonds is 6. The average Bonchev–Trinajstić information content (AvgIpc) is 2.86. The van der Waals surface area contributed by atoms with Crippen LogP contribution in [0.2, 0.25) is 0 Å². The summed E-state index contributed by atoms with van der Waals surface area (Å²) in [7, 11) is 0. The van der Waals surface area contributed by atoms with Crippen molar-refractivity contribution in [3.8, 4) is 0 Å². The number of nitrogens with zero attached hydrogens (tertiary/aromatic N) is 1. The third kappa shape index (κ3) is 4.01. The lowest BCUT2D eigenvalue weighted by atomic mass is 10.0. The number of thioether (sulfide) groups is 1. The molecule has 21 heavy (non-hydrogen) atoms. The maximum Gasteiger partial charge on any atom is 0.238 e. The average molecular weight is 306 g/mol. The molecule has 1 aliphatic rings. The molecule has 0 aromatic heterocycles. The van der Waals surface area contributed by atoms with Crippen LogP contribution in [0, 0.1) is 5.92 Å². The molecule has 3 nitrogen and oxygen atoms in total. The molecule has 1 saturated heterocycles. The van der Waals surface area contributed by atoms with Crippen LogP contribution in [0.3, 0.4) is 0 Å². The summed E-state index contributed by atoms with van der Waals surface area (Å²) in [5, 5.41) is 3.35. The fourth-order valence-electron chi connectivity index (χ4n) is 2.80. The van der Waals surface area contributed by atoms with E-state index in [-0.39, 0.29) is 18.1 Å². The van der Waals surface area contributed by atoms with Gasteiger partial charge in [0.05, 0.1) is 6.54 Å². The lowest BCUT2D eigenvalue weighted by Crippen LogP contribution is -2.38. The van der Waals surface area contributed by atoms with Gasteiger partial charge in [-0.1, -0.05) is 26.0 Å². The van der Waals surface area contributed by atoms with Crippen molar-refractivity contribution in [2.45, 2.75) is 50.7 Å². The Morgan fingerprint density at radius 2 is 1.90 bits per heavy atom. The van der Waals surface area contributed by atoms with Crippen molar-refractivity contribution in [3.05, 3.63) is 29.8 Å². The normalized spacial score (nSPS) is 20.3. The fraction of sp³-hybridized carbons (Fsp3) is 0.588. The van der Waals surface area contributed by atoms with E-state index in [1.807, 2.05) is 4.90 Å². The number of hydrogen-bond acceptors (Lipinski definition) is 3. The highest BCUT2D eigenvalue weighted by Gasteiger charge is 2.34. The number of benzene rings is 1. The highest BCUT2D eigenvalue weighted by Crippen LogP contribution is 2.28. The number of nitrogens with one attached hydrogen (secondary N) is 1. The molecule has 2 atom stereocenters. The molecular formula is C17H26N2OS. The van der Waals surface area contributed by atoms with E-state index in [9.17, 15) is 4.79 Å². The van der Waals surface area contributed by atoms with Crippen molar-refractivity contribution in [2.75, 3.05) is 12.8 Å². The Kier molecular flexibility index (Phi) is 5.71. The third-order valence-electron chi connectivity index (χ3n) is 4.08. The summed E-state index contributed by atoms with van der Waals surface area (Å²) in [6.07, 6.45) is 4.32. The lowest BCUT2D eigenvalue weighted by Gasteiger charge is -2.31. The molecule has 1 N–H and O–H groups in total. The summed E-state index contributed by atoms with van der Waals surface area (Å²) in [6.45, 7) is 7.07. The van der Waals surface area contributed by atoms with Gasteiger partial charge in [-0.25, -0.2) is 0 Å². The lowest BCUT2D eigenvalue weighted by molar-refractivity contribution is -0.130. The van der Waals surface area contributed by atoms with Crippen LogP contribution >= 0.6 is 11.8 Å². The molecular weight excluding hydrogens is 280 g/mol. The maximum absolute atomic E-state index is 12.2. The zero-order valence-corrected chi connectivity index (χ0v) is 14.2. The number of carbonyl (C=O) groups is 1. The molecule has 1 aliphatic heterocycles. The van der Waals surface area contributed by atoms with E-state index in [1.165, 1.54) is 10.5 Å². The van der Waals surface area contributed by atoms with Gasteiger partial charge in [0.1, 0.15) is 6.17 Å². The van der Waals surface area contributed by atoms with Crippen LogP contribution in [0.5, 0.6) is 0 Å². The Balaban J connectivity index is 2.11. The van der Waals surface area contributed by atoms with Gasteiger partial charge >= 0.3 is 0 Å². The minimum Gasteiger partial charge on any atom is -0.319 e. The first-order valence-corrected chi connectivity index (χ1v) is 8.94. The van der Waals surface area contributed by atoms with Gasteiger partial charge in [-0.15, -0.1) is 11.8 Å². The fourth-order valence-corrected chi connectivity index (χ4v) is 3.20. The monoisotopic (exact) mass is 306 g/mol. The molecule has 2 unspecified atom stereocenters. The molecule has 1 fully saturated rings. The third-order valence-corrected chi connectivity index (χ3v) is 4.82. The zero-order chi connectivity index (χ0) is 15.4. The first kappa shape index (κ1) is 16.4. The van der Waals surface area contributed by atoms with Crippen LogP contribution in [0.15, 0.2) is 29.2 Å². The van der Waals surface area contributed by atoms with Gasteiger partial charge in [-0.3, -0.25) is 10.1 Å². The first-order valence-electron chi connectivity index (χ1n) is 7.71. The molecule has 4 heteroatoms. The van der Waals surface area contributed by atoms with Gasteiger partial charge in [0.15, 0.2) is 0 Å². The second-order valence-electron chi connectivity index (χ2n) is 6.18. The highest BCUT2D eigenvalue weighted by molar-refractivity contribution is 7.98. The van der Waals surface area contributed by atoms with Crippen LogP contribution in [0.25, 0.3) is 0 Å². The molecule has 0 bridgehead atoms. The van der Waals surface area contributed by atoms with Crippen LogP contribution in [-0.4, -0.2) is 29.6 Å². The van der Waals surface area contributed by atoms with Crippen molar-refractivity contribution in [1.29, 1.82) is 0 Å². The molecule has 2 rings (SSSR count). The Labute approximate surface area is 132 Å². The van der Waals surface area contributed by atoms with E-state index >= 15 is 0 Å². The predicted molar refractivity (Wildman–Crippen MR) is 89.3 cm³/mol. The van der Waals surface area contributed by atoms with Crippen molar-refractivity contribution in [2.24, 2.45) is 5.92 Å². The van der Waals surface area contributed by atoms with Crippen LogP contribution in [0.4, 0.5) is 0 Å². The Bertz CT molecular complexity index is 472. The van der Waals surface area contributed by atoms with Gasteiger partial charge in [-0.05, 0) is 49.6 Å². The number of amides is 1. The predicted octanol–water partition coefficient (Wildman–Crippen LogP) is 3.66. The van der Waals surface area contributed by atoms with E-state index in [1.54, 1.807) is 11.8 Å². The van der Waals surface area contributed by atoms with Gasteiger partial charge in [0, 0.05) is 10.9 Å². The number of hydrogen-bond donors (Lipinski definition) is 1. The molecule has 116 valence electrons. The zero-order valence-electron chi connectivity index (χ0n) is 13.4. The summed E-state index contributed by atoms with van der Waals surface area (Å²) >= 11 is 1.74. The highest BCUT2D eigenvalue weighted by atomic mass is 32.2. The molecule has 1 amide bonds. The standard InChI is InChI=1S/C17H26N2OS/c1-12(2)5-6-13(3)19-16(20)11-18-17(19)14-7-9-15(21-4)10-8-14/h7-10,12-13,17-18H,5-6,11H2,1-4H3. The second kappa shape index (κ2) is 7.32. The van der Waals surface area contributed by atoms with Crippen molar-refractivity contribution >= 4 is 17.7 Å². The summed E-state index contributed by atoms with van der Waals surface area (Å²) in [4.78, 5) is 15.5. The smallest absolute Gasteiger partial charge is 0.238 e. The second-order valence-corrected chi connectivity index (χ2v) is 7.06. The summed E-state index contributed by atoms with van der Waals surface area (Å²) < 4.78 is 0. The maximum atomic E-state index is 12.2. The van der Waals surface area contributed by atoms with Gasteiger partial charge in [0.2, 0.25) is 5.91 Å². The molecule has 1 aromatic rings. The Morgan fingerprint density at radius 3 is 2.48 bits per heavy atom. The van der Waals surface area contributed by atoms with Crippen molar-refractivity contribution < 1.29 is 4.79 Å². The minimum absolute atomic E-state index is 0.0237. The van der Waals surface area contributed by atoms with E-state index in [2.05, 4.69) is 56.6 Å². The van der Waals surface area contributed by atoms with Gasteiger partial charge < -0.3 is 4.90 Å². The van der Waals surface area contributed by atoms with Crippen LogP contribution < -0.4 is 5.32 Å². The van der Waals surface area contributed by atoms with Gasteiger partial charge in [0.25, 0.3) is 0 Å². The largest absolute Gasteiger partial charge is 0.319 e. The molecule has 0 radical (unpaired) electrons. The van der Waals surface area contributed by atoms with E-state index in [0.29, 0.717) is 12.5 Å². The summed E-state index contributed by atoms with van der Waals surface area (Å²) in [5.74, 6) is 0.891. The Morgan fingerprint density at radius 1 is 1.24 bits per heavy atom. The SMILES string of the molecule is CSc1ccc(C2NCC(=O)N2C(C)CCC(C)C)cc1. The molecule has 1 heterocycles. The minimum atomic E-state index is 0.0237. The Hall–Kier alpha value is -1.00. The molecule has 0 saturated carbocycles. The van der Waals surface area contributed by atoms with E-state index in [0.717, 1.165) is 12.8 Å². The number of carbonyl (C=O) groups excluding carboxylic acids is 1. The summed E-state index contributed by atoms with van der Waals surface area (Å²) in [6, 6.07) is 8.79. The van der Waals surface area contributed by atoms with Crippen LogP contribution in [0.1, 0.15) is 45.3 Å². The van der Waals surface area contributed by atoms with E-state index < -0.39 is 0 Å². The summed E-state index contributed by atoms with van der Waals surface area (Å²) in [5.41, 5.74) is 1.18. The topological polar surface area (TPSA) is 32.3 Å². The van der Waals surface area contributed by atoms with Crippen LogP contribution in [-0.2, 0) is 4.79 Å². The van der Waals surface area contributed by atoms with Crippen molar-refractivity contribution in [1.82, 2.24) is 10.2 Å². The van der Waals surface area contributed by atoms with Gasteiger partial charge in [-0.2, -0.15) is 0 Å². The first-order chi connectivity index (χ1) is 10.0. The molecule has 0 aliphatic carbocycles.